The van der Waals surface area contributed by atoms with Crippen LogP contribution in [0.1, 0.15) is 34.1 Å². The van der Waals surface area contributed by atoms with Crippen molar-refractivity contribution in [2.24, 2.45) is 10.8 Å². The van der Waals surface area contributed by atoms with Crippen LogP contribution in [-0.2, 0) is 32.2 Å². The van der Waals surface area contributed by atoms with E-state index in [4.69, 9.17) is 18.9 Å². The van der Waals surface area contributed by atoms with E-state index in [0.29, 0.717) is 35.7 Å². The molecule has 0 amide bonds. The first kappa shape index (κ1) is 36.8. The molecule has 54 heavy (non-hydrogen) atoms. The Morgan fingerprint density at radius 3 is 1.20 bits per heavy atom. The normalized spacial score (nSPS) is 25.6. The topological polar surface area (TPSA) is 118 Å². The van der Waals surface area contributed by atoms with E-state index in [1.165, 1.54) is 14.2 Å². The lowest BCUT2D eigenvalue weighted by atomic mass is 9.34. The molecule has 2 N–H and O–H groups in total. The van der Waals surface area contributed by atoms with Crippen LogP contribution in [0.3, 0.4) is 0 Å². The monoisotopic (exact) mass is 730 g/mol. The summed E-state index contributed by atoms with van der Waals surface area (Å²) in [6.07, 6.45) is 3.67. The van der Waals surface area contributed by atoms with Crippen molar-refractivity contribution in [3.05, 3.63) is 155 Å². The third-order valence-electron chi connectivity index (χ3n) is 11.7. The molecule has 1 saturated carbocycles. The van der Waals surface area contributed by atoms with Gasteiger partial charge in [0.25, 0.3) is 0 Å². The van der Waals surface area contributed by atoms with E-state index < -0.39 is 46.7 Å². The average molecular weight is 731 g/mol. The molecule has 0 radical (unpaired) electrons. The molecule has 0 unspecified atom stereocenters. The van der Waals surface area contributed by atoms with E-state index in [-0.39, 0.29) is 13.2 Å². The van der Waals surface area contributed by atoms with E-state index in [0.717, 1.165) is 22.3 Å². The number of methoxy groups -OCH3 is 4. The van der Waals surface area contributed by atoms with Gasteiger partial charge < -0.3 is 39.0 Å². The van der Waals surface area contributed by atoms with Crippen LogP contribution in [-0.4, -0.2) is 85.7 Å². The molecule has 3 aliphatic rings. The van der Waals surface area contributed by atoms with E-state index in [1.54, 1.807) is 14.2 Å². The highest BCUT2D eigenvalue weighted by Gasteiger charge is 2.81. The van der Waals surface area contributed by atoms with E-state index in [2.05, 4.69) is 9.80 Å². The molecule has 4 aromatic rings. The number of carbonyl (C=O) groups is 2. The molecule has 7 rings (SSSR count). The first-order valence-corrected chi connectivity index (χ1v) is 18.0. The van der Waals surface area contributed by atoms with Crippen LogP contribution in [0.5, 0.6) is 11.5 Å². The van der Waals surface area contributed by atoms with Gasteiger partial charge in [-0.25, -0.2) is 9.59 Å². The van der Waals surface area contributed by atoms with Gasteiger partial charge in [-0.2, -0.15) is 0 Å². The zero-order valence-corrected chi connectivity index (χ0v) is 30.9. The second-order valence-corrected chi connectivity index (χ2v) is 14.2. The summed E-state index contributed by atoms with van der Waals surface area (Å²) in [6.45, 7) is -0.0173. The first-order chi connectivity index (χ1) is 26.3. The van der Waals surface area contributed by atoms with Crippen molar-refractivity contribution in [3.63, 3.8) is 0 Å². The SMILES string of the molecule is COC(=O)C1=CN(Cc2ccccc2)C2C(CO)(C3N(Cc4ccccc4)C=C(C(=O)OC)[C@H](c4ccc(OC)cc4)C23CO)[C@H]1c1ccc(OC)cc1. The fourth-order valence-electron chi connectivity index (χ4n) is 9.84. The van der Waals surface area contributed by atoms with Crippen LogP contribution in [0.25, 0.3) is 0 Å². The molecule has 2 atom stereocenters. The summed E-state index contributed by atoms with van der Waals surface area (Å²) < 4.78 is 22.0. The van der Waals surface area contributed by atoms with Gasteiger partial charge >= 0.3 is 11.9 Å². The molecule has 0 saturated heterocycles. The number of fused-ring (bicyclic) bond motifs is 4. The van der Waals surface area contributed by atoms with Crippen molar-refractivity contribution in [1.82, 2.24) is 9.80 Å². The lowest BCUT2D eigenvalue weighted by molar-refractivity contribution is -0.264. The number of nitrogens with zero attached hydrogens (tertiary/aromatic N) is 2. The number of benzene rings is 4. The Labute approximate surface area is 315 Å². The Bertz CT molecular complexity index is 1860. The van der Waals surface area contributed by atoms with Gasteiger partial charge in [0.15, 0.2) is 0 Å². The Hall–Kier alpha value is -5.58. The Balaban J connectivity index is 1.56. The van der Waals surface area contributed by atoms with Gasteiger partial charge in [0.1, 0.15) is 11.5 Å². The van der Waals surface area contributed by atoms with Crippen LogP contribution < -0.4 is 9.47 Å². The summed E-state index contributed by atoms with van der Waals surface area (Å²) in [5.41, 5.74) is 1.99. The second-order valence-electron chi connectivity index (χ2n) is 14.2. The number of aliphatic hydroxyl groups is 2. The van der Waals surface area contributed by atoms with Crippen molar-refractivity contribution >= 4 is 11.9 Å². The van der Waals surface area contributed by atoms with Gasteiger partial charge in [0.05, 0.1) is 64.9 Å². The van der Waals surface area contributed by atoms with Gasteiger partial charge in [0, 0.05) is 48.2 Å². The quantitative estimate of drug-likeness (QED) is 0.183. The summed E-state index contributed by atoms with van der Waals surface area (Å²) >= 11 is 0. The molecular weight excluding hydrogens is 684 g/mol. The van der Waals surface area contributed by atoms with Gasteiger partial charge in [-0.3, -0.25) is 0 Å². The maximum absolute atomic E-state index is 14.0. The summed E-state index contributed by atoms with van der Waals surface area (Å²) in [6, 6.07) is 33.5. The third-order valence-corrected chi connectivity index (χ3v) is 11.7. The molecule has 0 spiro atoms. The zero-order valence-electron chi connectivity index (χ0n) is 30.9. The molecule has 0 bridgehead atoms. The van der Waals surface area contributed by atoms with E-state index >= 15 is 0 Å². The molecular formula is C44H46N2O8. The molecule has 0 aromatic heterocycles. The average Bonchev–Trinajstić information content (AvgIpc) is 3.22. The highest BCUT2D eigenvalue weighted by atomic mass is 16.5. The van der Waals surface area contributed by atoms with Crippen molar-refractivity contribution in [1.29, 1.82) is 0 Å². The maximum atomic E-state index is 14.0. The van der Waals surface area contributed by atoms with Gasteiger partial charge in [0.2, 0.25) is 0 Å². The van der Waals surface area contributed by atoms with Gasteiger partial charge in [-0.05, 0) is 46.5 Å². The fourth-order valence-corrected chi connectivity index (χ4v) is 9.84. The Morgan fingerprint density at radius 2 is 0.907 bits per heavy atom. The predicted molar refractivity (Wildman–Crippen MR) is 202 cm³/mol. The van der Waals surface area contributed by atoms with Crippen LogP contribution in [0.2, 0.25) is 0 Å². The minimum atomic E-state index is -1.12. The van der Waals surface area contributed by atoms with Crippen LogP contribution in [0, 0.1) is 10.8 Å². The van der Waals surface area contributed by atoms with Gasteiger partial charge in [-0.15, -0.1) is 0 Å². The summed E-state index contributed by atoms with van der Waals surface area (Å²) in [7, 11) is 5.91. The third kappa shape index (κ3) is 5.81. The first-order valence-electron chi connectivity index (χ1n) is 18.0. The summed E-state index contributed by atoms with van der Waals surface area (Å²) in [5, 5.41) is 24.3. The molecule has 1 aliphatic carbocycles. The predicted octanol–water partition coefficient (Wildman–Crippen LogP) is 5.42. The molecule has 1 fully saturated rings. The van der Waals surface area contributed by atoms with Crippen LogP contribution >= 0.6 is 0 Å². The van der Waals surface area contributed by atoms with Crippen LogP contribution in [0.15, 0.2) is 133 Å². The summed E-state index contributed by atoms with van der Waals surface area (Å²) in [4.78, 5) is 32.2. The van der Waals surface area contributed by atoms with Crippen LogP contribution in [0.4, 0.5) is 0 Å². The highest BCUT2D eigenvalue weighted by Crippen LogP contribution is 2.74. The number of esters is 2. The van der Waals surface area contributed by atoms with Crippen molar-refractivity contribution in [3.8, 4) is 11.5 Å². The number of rotatable bonds is 12. The fraction of sp³-hybridized carbons (Fsp3) is 0.318. The van der Waals surface area contributed by atoms with Crippen molar-refractivity contribution in [2.45, 2.75) is 37.0 Å². The number of hydrogen-bond donors (Lipinski definition) is 2. The smallest absolute Gasteiger partial charge is 0.335 e. The molecule has 280 valence electrons. The number of ether oxygens (including phenoxy) is 4. The largest absolute Gasteiger partial charge is 0.497 e. The number of aliphatic hydroxyl groups excluding tert-OH is 2. The number of hydrogen-bond acceptors (Lipinski definition) is 10. The zero-order chi connectivity index (χ0) is 38.0. The van der Waals surface area contributed by atoms with Crippen molar-refractivity contribution < 1.29 is 38.7 Å². The van der Waals surface area contributed by atoms with E-state index in [1.807, 2.05) is 122 Å². The lowest BCUT2D eigenvalue weighted by Gasteiger charge is -2.78. The minimum absolute atomic E-state index is 0.350. The van der Waals surface area contributed by atoms with Gasteiger partial charge in [-0.1, -0.05) is 84.9 Å². The molecule has 4 aromatic carbocycles. The maximum Gasteiger partial charge on any atom is 0.335 e. The Morgan fingerprint density at radius 1 is 0.556 bits per heavy atom. The minimum Gasteiger partial charge on any atom is -0.497 e. The molecule has 2 heterocycles. The molecule has 2 aliphatic heterocycles. The Kier molecular flexibility index (Phi) is 10.2. The second kappa shape index (κ2) is 15.0. The number of carbonyl (C=O) groups excluding carboxylic acids is 2. The van der Waals surface area contributed by atoms with E-state index in [9.17, 15) is 19.8 Å². The standard InChI is InChI=1S/C44H46N2O8/c1-51-33-19-15-31(16-20-33)37-35(39(49)53-3)25-45(23-29-11-7-5-8-12-29)41-43(37,27-47)42-44(41,28-48)38(32-17-21-34(52-2)22-18-32)36(40(50)54-4)26-46(42)24-30-13-9-6-10-14-30/h5-22,25-26,37-38,41-42,47-48H,23-24,27-28H2,1-4H3/t37-,38-,41?,42?,43?,44?/m0/s1. The van der Waals surface area contributed by atoms with Crippen molar-refractivity contribution in [2.75, 3.05) is 41.7 Å². The highest BCUT2D eigenvalue weighted by molar-refractivity contribution is 5.92. The molecule has 10 nitrogen and oxygen atoms in total. The molecule has 10 heteroatoms. The lowest BCUT2D eigenvalue weighted by Crippen LogP contribution is -2.86. The summed E-state index contributed by atoms with van der Waals surface area (Å²) in [5.74, 6) is -1.14.